The number of methoxy groups -OCH3 is 1. The van der Waals surface area contributed by atoms with Crippen LogP contribution in [0.2, 0.25) is 0 Å². The van der Waals surface area contributed by atoms with Gasteiger partial charge in [0.15, 0.2) is 15.8 Å². The number of nitrogens with one attached hydrogen (secondary N) is 2. The molecule has 1 unspecified atom stereocenters. The van der Waals surface area contributed by atoms with Gasteiger partial charge in [-0.05, 0) is 36.6 Å². The average molecular weight is 531 g/mol. The first-order valence-corrected chi connectivity index (χ1v) is 11.0. The lowest BCUT2D eigenvalue weighted by Crippen LogP contribution is -2.46. The van der Waals surface area contributed by atoms with E-state index in [0.29, 0.717) is 23.8 Å². The van der Waals surface area contributed by atoms with E-state index in [-0.39, 0.29) is 35.8 Å². The lowest BCUT2D eigenvalue weighted by molar-refractivity contribution is 0.409. The van der Waals surface area contributed by atoms with Gasteiger partial charge in [-0.2, -0.15) is 0 Å². The molecule has 160 valence electrons. The molecule has 8 heteroatoms. The van der Waals surface area contributed by atoms with Crippen LogP contribution >= 0.6 is 24.0 Å². The maximum absolute atomic E-state index is 12.6. The molecule has 0 bridgehead atoms. The molecule has 6 nitrogen and oxygen atoms in total. The lowest BCUT2D eigenvalue weighted by Gasteiger charge is -2.20. The molecule has 0 aliphatic heterocycles. The van der Waals surface area contributed by atoms with E-state index in [2.05, 4.69) is 15.6 Å². The van der Waals surface area contributed by atoms with E-state index in [1.54, 1.807) is 38.4 Å². The van der Waals surface area contributed by atoms with Gasteiger partial charge in [0, 0.05) is 19.6 Å². The number of aliphatic imine (C=N–C) groups is 1. The van der Waals surface area contributed by atoms with Crippen LogP contribution in [0.5, 0.6) is 5.75 Å². The molecule has 0 heterocycles. The van der Waals surface area contributed by atoms with Gasteiger partial charge in [0.2, 0.25) is 0 Å². The van der Waals surface area contributed by atoms with Crippen LogP contribution in [0.1, 0.15) is 18.9 Å². The summed E-state index contributed by atoms with van der Waals surface area (Å²) in [5, 5.41) is 6.47. The monoisotopic (exact) mass is 531 g/mol. The number of sulfone groups is 1. The zero-order chi connectivity index (χ0) is 20.4. The van der Waals surface area contributed by atoms with E-state index in [0.717, 1.165) is 17.7 Å². The van der Waals surface area contributed by atoms with E-state index >= 15 is 0 Å². The van der Waals surface area contributed by atoms with E-state index < -0.39 is 9.84 Å². The van der Waals surface area contributed by atoms with Crippen molar-refractivity contribution in [2.75, 3.05) is 26.5 Å². The van der Waals surface area contributed by atoms with E-state index in [1.807, 2.05) is 37.3 Å². The minimum Gasteiger partial charge on any atom is -0.496 e. The predicted octanol–water partition coefficient (Wildman–Crippen LogP) is 3.27. The Bertz CT molecular complexity index is 874. The zero-order valence-electron chi connectivity index (χ0n) is 17.1. The van der Waals surface area contributed by atoms with Crippen molar-refractivity contribution in [3.63, 3.8) is 0 Å². The highest BCUT2D eigenvalue weighted by atomic mass is 127. The first kappa shape index (κ1) is 25.2. The number of halogens is 1. The van der Waals surface area contributed by atoms with Crippen molar-refractivity contribution in [1.82, 2.24) is 10.6 Å². The Kier molecular flexibility index (Phi) is 11.0. The topological polar surface area (TPSA) is 79.8 Å². The van der Waals surface area contributed by atoms with Crippen LogP contribution in [0.25, 0.3) is 0 Å². The van der Waals surface area contributed by atoms with Crippen molar-refractivity contribution >= 4 is 39.8 Å². The molecule has 0 saturated heterocycles. The number of hydrogen-bond donors (Lipinski definition) is 2. The van der Waals surface area contributed by atoms with Gasteiger partial charge in [0.1, 0.15) is 5.75 Å². The Balaban J connectivity index is 0.00000420. The summed E-state index contributed by atoms with van der Waals surface area (Å²) in [4.78, 5) is 4.56. The SMILES string of the molecule is CCC(CS(=O)(=O)c1ccccc1)NC(=NC)NCCc1ccccc1OC.I. The molecule has 2 aromatic rings. The molecule has 0 aliphatic carbocycles. The lowest BCUT2D eigenvalue weighted by atomic mass is 10.1. The molecule has 0 aromatic heterocycles. The second-order valence-electron chi connectivity index (χ2n) is 6.40. The average Bonchev–Trinajstić information content (AvgIpc) is 2.73. The fourth-order valence-corrected chi connectivity index (χ4v) is 4.48. The molecule has 0 saturated carbocycles. The molecular formula is C21H30IN3O3S. The van der Waals surface area contributed by atoms with Gasteiger partial charge in [-0.15, -0.1) is 24.0 Å². The molecule has 1 atom stereocenters. The second kappa shape index (κ2) is 12.7. The fourth-order valence-electron chi connectivity index (χ4n) is 2.86. The van der Waals surface area contributed by atoms with Crippen LogP contribution in [-0.2, 0) is 16.3 Å². The Labute approximate surface area is 191 Å². The quantitative estimate of drug-likeness (QED) is 0.295. The molecule has 0 spiro atoms. The molecule has 2 aromatic carbocycles. The van der Waals surface area contributed by atoms with Crippen LogP contribution in [-0.4, -0.2) is 46.9 Å². The van der Waals surface area contributed by atoms with Gasteiger partial charge < -0.3 is 15.4 Å². The van der Waals surface area contributed by atoms with Crippen molar-refractivity contribution in [1.29, 1.82) is 0 Å². The van der Waals surface area contributed by atoms with Crippen LogP contribution < -0.4 is 15.4 Å². The number of hydrogen-bond acceptors (Lipinski definition) is 4. The number of guanidine groups is 1. The second-order valence-corrected chi connectivity index (χ2v) is 8.44. The third-order valence-electron chi connectivity index (χ3n) is 4.46. The summed E-state index contributed by atoms with van der Waals surface area (Å²) in [5.74, 6) is 1.46. The van der Waals surface area contributed by atoms with Crippen LogP contribution in [0.15, 0.2) is 64.5 Å². The van der Waals surface area contributed by atoms with Crippen LogP contribution in [0.3, 0.4) is 0 Å². The highest BCUT2D eigenvalue weighted by Crippen LogP contribution is 2.17. The minimum absolute atomic E-state index is 0. The zero-order valence-corrected chi connectivity index (χ0v) is 20.2. The van der Waals surface area contributed by atoms with Gasteiger partial charge in [-0.25, -0.2) is 8.42 Å². The van der Waals surface area contributed by atoms with E-state index in [4.69, 9.17) is 4.74 Å². The van der Waals surface area contributed by atoms with Crippen molar-refractivity contribution in [2.45, 2.75) is 30.7 Å². The van der Waals surface area contributed by atoms with Crippen molar-refractivity contribution in [3.8, 4) is 5.75 Å². The molecular weight excluding hydrogens is 501 g/mol. The first-order valence-electron chi connectivity index (χ1n) is 9.37. The van der Waals surface area contributed by atoms with Crippen molar-refractivity contribution in [3.05, 3.63) is 60.2 Å². The minimum atomic E-state index is -3.36. The summed E-state index contributed by atoms with van der Waals surface area (Å²) in [6.07, 6.45) is 1.43. The van der Waals surface area contributed by atoms with Crippen LogP contribution in [0.4, 0.5) is 0 Å². The van der Waals surface area contributed by atoms with Crippen LogP contribution in [0, 0.1) is 0 Å². The summed E-state index contributed by atoms with van der Waals surface area (Å²) in [6, 6.07) is 16.2. The standard InChI is InChI=1S/C21H29N3O3S.HI/c1-4-18(16-28(25,26)19-11-6-5-7-12-19)24-21(22-2)23-15-14-17-10-8-9-13-20(17)27-3;/h5-13,18H,4,14-16H2,1-3H3,(H2,22,23,24);1H. The molecule has 0 aliphatic rings. The maximum Gasteiger partial charge on any atom is 0.191 e. The van der Waals surface area contributed by atoms with Crippen molar-refractivity contribution < 1.29 is 13.2 Å². The number of nitrogens with zero attached hydrogens (tertiary/aromatic N) is 1. The highest BCUT2D eigenvalue weighted by molar-refractivity contribution is 14.0. The fraction of sp³-hybridized carbons (Fsp3) is 0.381. The predicted molar refractivity (Wildman–Crippen MR) is 129 cm³/mol. The van der Waals surface area contributed by atoms with Gasteiger partial charge in [-0.3, -0.25) is 4.99 Å². The molecule has 2 N–H and O–H groups in total. The number of para-hydroxylation sites is 1. The third-order valence-corrected chi connectivity index (χ3v) is 6.29. The summed E-state index contributed by atoms with van der Waals surface area (Å²) in [7, 11) is -0.0238. The number of ether oxygens (including phenoxy) is 1. The third kappa shape index (κ3) is 7.85. The number of rotatable bonds is 9. The van der Waals surface area contributed by atoms with Gasteiger partial charge in [-0.1, -0.05) is 43.3 Å². The molecule has 0 radical (unpaired) electrons. The van der Waals surface area contributed by atoms with E-state index in [9.17, 15) is 8.42 Å². The maximum atomic E-state index is 12.6. The van der Waals surface area contributed by atoms with Crippen molar-refractivity contribution in [2.24, 2.45) is 4.99 Å². The van der Waals surface area contributed by atoms with Gasteiger partial charge in [0.25, 0.3) is 0 Å². The Morgan fingerprint density at radius 3 is 2.38 bits per heavy atom. The molecule has 29 heavy (non-hydrogen) atoms. The highest BCUT2D eigenvalue weighted by Gasteiger charge is 2.20. The molecule has 0 fully saturated rings. The number of benzene rings is 2. The summed E-state index contributed by atoms with van der Waals surface area (Å²) in [6.45, 7) is 2.61. The normalized spacial score (nSPS) is 12.6. The smallest absolute Gasteiger partial charge is 0.191 e. The Morgan fingerprint density at radius 2 is 1.76 bits per heavy atom. The molecule has 2 rings (SSSR count). The van der Waals surface area contributed by atoms with E-state index in [1.165, 1.54) is 0 Å². The molecule has 0 amide bonds. The van der Waals surface area contributed by atoms with Gasteiger partial charge in [0.05, 0.1) is 17.8 Å². The summed E-state index contributed by atoms with van der Waals surface area (Å²) in [5.41, 5.74) is 1.10. The first-order chi connectivity index (χ1) is 13.5. The largest absolute Gasteiger partial charge is 0.496 e. The Hall–Kier alpha value is -1.81. The summed E-state index contributed by atoms with van der Waals surface area (Å²) >= 11 is 0. The van der Waals surface area contributed by atoms with Gasteiger partial charge >= 0.3 is 0 Å². The summed E-state index contributed by atoms with van der Waals surface area (Å²) < 4.78 is 30.6. The Morgan fingerprint density at radius 1 is 1.10 bits per heavy atom.